The van der Waals surface area contributed by atoms with Gasteiger partial charge in [0.05, 0.1) is 6.21 Å². The van der Waals surface area contributed by atoms with E-state index in [0.717, 1.165) is 17.3 Å². The second kappa shape index (κ2) is 2.44. The van der Waals surface area contributed by atoms with Gasteiger partial charge in [-0.3, -0.25) is 0 Å². The summed E-state index contributed by atoms with van der Waals surface area (Å²) in [6, 6.07) is 7.68. The zero-order chi connectivity index (χ0) is 6.69. The van der Waals surface area contributed by atoms with Crippen molar-refractivity contribution in [2.75, 3.05) is 0 Å². The van der Waals surface area contributed by atoms with Crippen LogP contribution < -0.4 is 5.41 Å². The van der Waals surface area contributed by atoms with Crippen LogP contribution in [0.1, 0.15) is 11.1 Å². The van der Waals surface area contributed by atoms with Gasteiger partial charge in [0.25, 0.3) is 0 Å². The van der Waals surface area contributed by atoms with Crippen LogP contribution in [0.3, 0.4) is 0 Å². The number of rotatable bonds is 1. The Bertz CT molecular complexity index is 216. The van der Waals surface area contributed by atoms with Crippen LogP contribution in [0.15, 0.2) is 24.3 Å². The van der Waals surface area contributed by atoms with Gasteiger partial charge in [-0.05, 0) is 12.5 Å². The molecule has 1 nitrogen and oxygen atoms in total. The molecule has 0 aliphatic rings. The minimum absolute atomic E-state index is 0.856. The van der Waals surface area contributed by atoms with Crippen LogP contribution in [0.4, 0.5) is 0 Å². The molecule has 0 N–H and O–H groups in total. The fraction of sp³-hybridized carbons (Fsp3) is 0.125. The highest BCUT2D eigenvalue weighted by molar-refractivity contribution is 5.77. The zero-order valence-electron chi connectivity index (χ0n) is 5.33. The maximum atomic E-state index is 8.54. The minimum Gasteiger partial charge on any atom is -0.159 e. The van der Waals surface area contributed by atoms with Crippen LogP contribution >= 0.6 is 0 Å². The van der Waals surface area contributed by atoms with Gasteiger partial charge < -0.3 is 0 Å². The predicted molar refractivity (Wildman–Crippen MR) is 38.5 cm³/mol. The maximum absolute atomic E-state index is 8.54. The standard InChI is InChI=1S/C8H8N/c1-7-3-2-4-8(5-7)6-9/h2-6H,1H3. The first-order valence-electron chi connectivity index (χ1n) is 2.87. The Morgan fingerprint density at radius 2 is 2.22 bits per heavy atom. The lowest BCUT2D eigenvalue weighted by atomic mass is 10.2. The first-order valence-corrected chi connectivity index (χ1v) is 2.87. The first-order chi connectivity index (χ1) is 4.33. The van der Waals surface area contributed by atoms with E-state index in [1.165, 1.54) is 0 Å². The summed E-state index contributed by atoms with van der Waals surface area (Å²) >= 11 is 0. The van der Waals surface area contributed by atoms with Crippen LogP contribution in [-0.4, -0.2) is 6.21 Å². The summed E-state index contributed by atoms with van der Waals surface area (Å²) in [5.74, 6) is 0. The van der Waals surface area contributed by atoms with Crippen molar-refractivity contribution in [3.8, 4) is 0 Å². The van der Waals surface area contributed by atoms with Crippen LogP contribution in [0.2, 0.25) is 0 Å². The highest BCUT2D eigenvalue weighted by Gasteiger charge is 1.84. The fourth-order valence-electron chi connectivity index (χ4n) is 0.750. The van der Waals surface area contributed by atoms with Gasteiger partial charge in [0, 0.05) is 0 Å². The van der Waals surface area contributed by atoms with Crippen LogP contribution in [0, 0.1) is 6.92 Å². The normalized spacial score (nSPS) is 9.00. The number of hydrogen-bond acceptors (Lipinski definition) is 0. The molecule has 0 amide bonds. The molecular weight excluding hydrogens is 110 g/mol. The average molecular weight is 118 g/mol. The Morgan fingerprint density at radius 1 is 1.44 bits per heavy atom. The summed E-state index contributed by atoms with van der Waals surface area (Å²) in [5, 5.41) is 8.54. The van der Waals surface area contributed by atoms with Crippen molar-refractivity contribution in [1.29, 1.82) is 0 Å². The predicted octanol–water partition coefficient (Wildman–Crippen LogP) is 1.21. The summed E-state index contributed by atoms with van der Waals surface area (Å²) in [6.07, 6.45) is 1.10. The molecule has 1 radical (unpaired) electrons. The van der Waals surface area contributed by atoms with Gasteiger partial charge in [-0.2, -0.15) is 5.41 Å². The summed E-state index contributed by atoms with van der Waals surface area (Å²) in [4.78, 5) is 0. The van der Waals surface area contributed by atoms with Gasteiger partial charge >= 0.3 is 0 Å². The van der Waals surface area contributed by atoms with Crippen molar-refractivity contribution < 1.29 is 0 Å². The molecule has 1 aromatic carbocycles. The van der Waals surface area contributed by atoms with Gasteiger partial charge in [-0.25, -0.2) is 0 Å². The summed E-state index contributed by atoms with van der Waals surface area (Å²) < 4.78 is 0. The Balaban J connectivity index is 3.07. The molecule has 0 atom stereocenters. The molecule has 1 aromatic rings. The van der Waals surface area contributed by atoms with E-state index in [0.29, 0.717) is 0 Å². The van der Waals surface area contributed by atoms with Crippen molar-refractivity contribution in [2.24, 2.45) is 0 Å². The molecule has 1 rings (SSSR count). The quantitative estimate of drug-likeness (QED) is 0.495. The molecule has 0 unspecified atom stereocenters. The number of benzene rings is 1. The third-order valence-corrected chi connectivity index (χ3v) is 1.19. The van der Waals surface area contributed by atoms with Crippen molar-refractivity contribution in [1.82, 2.24) is 5.41 Å². The van der Waals surface area contributed by atoms with E-state index in [1.807, 2.05) is 31.2 Å². The monoisotopic (exact) mass is 118 g/mol. The lowest BCUT2D eigenvalue weighted by Gasteiger charge is -1.90. The lowest BCUT2D eigenvalue weighted by Crippen LogP contribution is -1.80. The second-order valence-electron chi connectivity index (χ2n) is 2.04. The van der Waals surface area contributed by atoms with Gasteiger partial charge in [0.2, 0.25) is 0 Å². The van der Waals surface area contributed by atoms with E-state index in [-0.39, 0.29) is 0 Å². The van der Waals surface area contributed by atoms with Gasteiger partial charge in [0.1, 0.15) is 0 Å². The smallest absolute Gasteiger partial charge is 0.0568 e. The van der Waals surface area contributed by atoms with E-state index in [4.69, 9.17) is 5.41 Å². The molecule has 0 aromatic heterocycles. The van der Waals surface area contributed by atoms with E-state index in [9.17, 15) is 0 Å². The van der Waals surface area contributed by atoms with E-state index >= 15 is 0 Å². The second-order valence-corrected chi connectivity index (χ2v) is 2.04. The largest absolute Gasteiger partial charge is 0.159 e. The molecule has 0 saturated carbocycles. The molecule has 45 valence electrons. The Hall–Kier alpha value is -1.11. The Labute approximate surface area is 54.8 Å². The third kappa shape index (κ3) is 1.39. The van der Waals surface area contributed by atoms with Crippen LogP contribution in [0.25, 0.3) is 0 Å². The Kier molecular flexibility index (Phi) is 1.63. The molecule has 9 heavy (non-hydrogen) atoms. The summed E-state index contributed by atoms with van der Waals surface area (Å²) in [6.45, 7) is 1.99. The highest BCUT2D eigenvalue weighted by atomic mass is 14.3. The van der Waals surface area contributed by atoms with Crippen molar-refractivity contribution >= 4 is 6.21 Å². The maximum Gasteiger partial charge on any atom is 0.0568 e. The summed E-state index contributed by atoms with van der Waals surface area (Å²) in [5.41, 5.74) is 2.02. The van der Waals surface area contributed by atoms with Crippen molar-refractivity contribution in [2.45, 2.75) is 6.92 Å². The van der Waals surface area contributed by atoms with Crippen molar-refractivity contribution in [3.63, 3.8) is 0 Å². The SMILES string of the molecule is Cc1cccc(C=[N])c1. The Morgan fingerprint density at radius 3 is 2.67 bits per heavy atom. The molecular formula is C8H8N. The van der Waals surface area contributed by atoms with Crippen molar-refractivity contribution in [3.05, 3.63) is 35.4 Å². The van der Waals surface area contributed by atoms with Gasteiger partial charge in [-0.15, -0.1) is 0 Å². The first kappa shape index (κ1) is 6.02. The fourth-order valence-corrected chi connectivity index (χ4v) is 0.750. The molecule has 0 spiro atoms. The number of hydrogen-bond donors (Lipinski definition) is 0. The van der Waals surface area contributed by atoms with E-state index < -0.39 is 0 Å². The molecule has 0 aliphatic heterocycles. The third-order valence-electron chi connectivity index (χ3n) is 1.19. The average Bonchev–Trinajstić information content (AvgIpc) is 1.88. The van der Waals surface area contributed by atoms with E-state index in [1.54, 1.807) is 0 Å². The molecule has 0 bridgehead atoms. The van der Waals surface area contributed by atoms with Crippen LogP contribution in [-0.2, 0) is 0 Å². The number of aryl methyl sites for hydroxylation is 1. The highest BCUT2D eigenvalue weighted by Crippen LogP contribution is 1.99. The lowest BCUT2D eigenvalue weighted by molar-refractivity contribution is 1.46. The molecule has 0 heterocycles. The van der Waals surface area contributed by atoms with Gasteiger partial charge in [0.15, 0.2) is 0 Å². The minimum atomic E-state index is 0.856. The summed E-state index contributed by atoms with van der Waals surface area (Å²) in [7, 11) is 0. The molecule has 0 saturated heterocycles. The number of nitrogens with zero attached hydrogens (tertiary/aromatic N) is 1. The van der Waals surface area contributed by atoms with E-state index in [2.05, 4.69) is 0 Å². The van der Waals surface area contributed by atoms with Crippen LogP contribution in [0.5, 0.6) is 0 Å². The topological polar surface area (TPSA) is 22.3 Å². The zero-order valence-corrected chi connectivity index (χ0v) is 5.33. The van der Waals surface area contributed by atoms with Gasteiger partial charge in [-0.1, -0.05) is 29.8 Å². The molecule has 0 aliphatic carbocycles. The molecule has 0 fully saturated rings. The molecule has 1 heteroatoms.